The fraction of sp³-hybridized carbons (Fsp3) is 0.643. The highest BCUT2D eigenvalue weighted by Crippen LogP contribution is 2.15. The number of aromatic nitrogens is 2. The first-order chi connectivity index (χ1) is 10.2. The van der Waals surface area contributed by atoms with Crippen molar-refractivity contribution in [1.29, 1.82) is 0 Å². The van der Waals surface area contributed by atoms with Crippen molar-refractivity contribution in [2.75, 3.05) is 49.5 Å². The second kappa shape index (κ2) is 7.66. The monoisotopic (exact) mass is 293 g/mol. The highest BCUT2D eigenvalue weighted by atomic mass is 16.6. The van der Waals surface area contributed by atoms with Gasteiger partial charge in [-0.3, -0.25) is 0 Å². The summed E-state index contributed by atoms with van der Waals surface area (Å²) in [5.41, 5.74) is 0. The zero-order chi connectivity index (χ0) is 15.1. The van der Waals surface area contributed by atoms with Crippen molar-refractivity contribution in [2.24, 2.45) is 0 Å². The van der Waals surface area contributed by atoms with Crippen molar-refractivity contribution >= 4 is 17.9 Å². The summed E-state index contributed by atoms with van der Waals surface area (Å²) in [4.78, 5) is 24.3. The number of anilines is 2. The van der Waals surface area contributed by atoms with Crippen molar-refractivity contribution < 1.29 is 9.53 Å². The third-order valence-corrected chi connectivity index (χ3v) is 3.30. The lowest BCUT2D eigenvalue weighted by atomic mass is 10.3. The van der Waals surface area contributed by atoms with Gasteiger partial charge in [-0.05, 0) is 19.4 Å². The molecule has 0 atom stereocenters. The van der Waals surface area contributed by atoms with E-state index in [2.05, 4.69) is 27.1 Å². The maximum absolute atomic E-state index is 11.7. The van der Waals surface area contributed by atoms with Crippen LogP contribution in [-0.4, -0.2) is 60.3 Å². The fourth-order valence-electron chi connectivity index (χ4n) is 2.18. The predicted molar refractivity (Wildman–Crippen MR) is 81.6 cm³/mol. The first-order valence-electron chi connectivity index (χ1n) is 7.48. The molecule has 116 valence electrons. The number of amides is 1. The van der Waals surface area contributed by atoms with Gasteiger partial charge in [0.05, 0.1) is 6.61 Å². The number of nitrogens with zero attached hydrogens (tertiary/aromatic N) is 4. The van der Waals surface area contributed by atoms with Gasteiger partial charge in [-0.2, -0.15) is 4.98 Å². The molecular weight excluding hydrogens is 270 g/mol. The van der Waals surface area contributed by atoms with Crippen LogP contribution >= 0.6 is 0 Å². The molecule has 2 heterocycles. The Balaban J connectivity index is 1.91. The van der Waals surface area contributed by atoms with E-state index in [1.807, 2.05) is 13.0 Å². The van der Waals surface area contributed by atoms with E-state index < -0.39 is 0 Å². The van der Waals surface area contributed by atoms with Gasteiger partial charge in [-0.1, -0.05) is 6.92 Å². The average molecular weight is 293 g/mol. The second-order valence-electron chi connectivity index (χ2n) is 4.84. The number of carbonyl (C=O) groups is 1. The molecule has 1 aliphatic rings. The molecule has 1 fully saturated rings. The Morgan fingerprint density at radius 2 is 2.10 bits per heavy atom. The number of hydrogen-bond donors (Lipinski definition) is 1. The van der Waals surface area contributed by atoms with E-state index in [1.54, 1.807) is 11.1 Å². The summed E-state index contributed by atoms with van der Waals surface area (Å²) in [6.07, 6.45) is 2.56. The van der Waals surface area contributed by atoms with Crippen LogP contribution in [0.2, 0.25) is 0 Å². The van der Waals surface area contributed by atoms with Gasteiger partial charge in [-0.15, -0.1) is 0 Å². The number of piperazine rings is 1. The number of carbonyl (C=O) groups excluding carboxylic acids is 1. The molecule has 0 spiro atoms. The van der Waals surface area contributed by atoms with Crippen molar-refractivity contribution in [3.8, 4) is 0 Å². The van der Waals surface area contributed by atoms with Crippen molar-refractivity contribution in [2.45, 2.75) is 20.3 Å². The van der Waals surface area contributed by atoms with Crippen LogP contribution in [-0.2, 0) is 4.74 Å². The standard InChI is InChI=1S/C14H23N5O2/c1-3-6-15-13-16-7-5-12(17-13)18-8-10-19(11-9-18)14(20)21-4-2/h5,7H,3-4,6,8-11H2,1-2H3,(H,15,16,17). The summed E-state index contributed by atoms with van der Waals surface area (Å²) in [6.45, 7) is 8.01. The smallest absolute Gasteiger partial charge is 0.409 e. The molecule has 0 radical (unpaired) electrons. The molecule has 1 aliphatic heterocycles. The van der Waals surface area contributed by atoms with Gasteiger partial charge in [0.25, 0.3) is 0 Å². The number of ether oxygens (including phenoxy) is 1. The third-order valence-electron chi connectivity index (χ3n) is 3.30. The first-order valence-corrected chi connectivity index (χ1v) is 7.48. The Labute approximate surface area is 125 Å². The molecule has 7 heteroatoms. The van der Waals surface area contributed by atoms with E-state index in [4.69, 9.17) is 4.74 Å². The van der Waals surface area contributed by atoms with Crippen LogP contribution in [0.15, 0.2) is 12.3 Å². The lowest BCUT2D eigenvalue weighted by Crippen LogP contribution is -2.49. The Morgan fingerprint density at radius 3 is 2.76 bits per heavy atom. The van der Waals surface area contributed by atoms with Crippen LogP contribution in [0.3, 0.4) is 0 Å². The van der Waals surface area contributed by atoms with Gasteiger partial charge in [0, 0.05) is 38.9 Å². The summed E-state index contributed by atoms with van der Waals surface area (Å²) in [7, 11) is 0. The van der Waals surface area contributed by atoms with E-state index in [0.29, 0.717) is 25.6 Å². The van der Waals surface area contributed by atoms with Gasteiger partial charge >= 0.3 is 6.09 Å². The number of nitrogens with one attached hydrogen (secondary N) is 1. The van der Waals surface area contributed by atoms with Crippen molar-refractivity contribution in [1.82, 2.24) is 14.9 Å². The topological polar surface area (TPSA) is 70.6 Å². The molecule has 2 rings (SSSR count). The van der Waals surface area contributed by atoms with E-state index in [-0.39, 0.29) is 6.09 Å². The Morgan fingerprint density at radius 1 is 1.33 bits per heavy atom. The lowest BCUT2D eigenvalue weighted by molar-refractivity contribution is 0.105. The maximum Gasteiger partial charge on any atom is 0.409 e. The Kier molecular flexibility index (Phi) is 5.59. The normalized spacial score (nSPS) is 15.0. The van der Waals surface area contributed by atoms with Gasteiger partial charge in [0.1, 0.15) is 5.82 Å². The SMILES string of the molecule is CCCNc1nccc(N2CCN(C(=O)OCC)CC2)n1. The van der Waals surface area contributed by atoms with E-state index in [0.717, 1.165) is 31.9 Å². The van der Waals surface area contributed by atoms with Crippen LogP contribution in [0.25, 0.3) is 0 Å². The molecule has 1 aromatic heterocycles. The predicted octanol–water partition coefficient (Wildman–Crippen LogP) is 1.58. The molecule has 1 aromatic rings. The summed E-state index contributed by atoms with van der Waals surface area (Å²) in [6, 6.07) is 1.90. The lowest BCUT2D eigenvalue weighted by Gasteiger charge is -2.34. The number of hydrogen-bond acceptors (Lipinski definition) is 6. The van der Waals surface area contributed by atoms with Gasteiger partial charge < -0.3 is 19.9 Å². The average Bonchev–Trinajstić information content (AvgIpc) is 2.53. The molecular formula is C14H23N5O2. The largest absolute Gasteiger partial charge is 0.450 e. The highest BCUT2D eigenvalue weighted by Gasteiger charge is 2.22. The fourth-order valence-corrected chi connectivity index (χ4v) is 2.18. The molecule has 1 N–H and O–H groups in total. The summed E-state index contributed by atoms with van der Waals surface area (Å²) < 4.78 is 5.02. The first kappa shape index (κ1) is 15.3. The van der Waals surface area contributed by atoms with E-state index in [1.165, 1.54) is 0 Å². The summed E-state index contributed by atoms with van der Waals surface area (Å²) in [5.74, 6) is 1.55. The Bertz CT molecular complexity index is 460. The minimum absolute atomic E-state index is 0.231. The Hall–Kier alpha value is -2.05. The molecule has 0 unspecified atom stereocenters. The third kappa shape index (κ3) is 4.21. The van der Waals surface area contributed by atoms with E-state index >= 15 is 0 Å². The van der Waals surface area contributed by atoms with Crippen molar-refractivity contribution in [3.63, 3.8) is 0 Å². The number of rotatable bonds is 5. The molecule has 0 bridgehead atoms. The van der Waals surface area contributed by atoms with Crippen LogP contribution < -0.4 is 10.2 Å². The minimum atomic E-state index is -0.231. The highest BCUT2D eigenvalue weighted by molar-refractivity contribution is 5.68. The molecule has 21 heavy (non-hydrogen) atoms. The maximum atomic E-state index is 11.7. The quantitative estimate of drug-likeness (QED) is 0.888. The van der Waals surface area contributed by atoms with Crippen LogP contribution in [0.1, 0.15) is 20.3 Å². The molecule has 1 saturated heterocycles. The molecule has 1 amide bonds. The second-order valence-corrected chi connectivity index (χ2v) is 4.84. The molecule has 0 aliphatic carbocycles. The van der Waals surface area contributed by atoms with Crippen molar-refractivity contribution in [3.05, 3.63) is 12.3 Å². The molecule has 7 nitrogen and oxygen atoms in total. The molecule has 0 saturated carbocycles. The van der Waals surface area contributed by atoms with E-state index in [9.17, 15) is 4.79 Å². The zero-order valence-corrected chi connectivity index (χ0v) is 12.7. The zero-order valence-electron chi connectivity index (χ0n) is 12.7. The van der Waals surface area contributed by atoms with Gasteiger partial charge in [0.2, 0.25) is 5.95 Å². The van der Waals surface area contributed by atoms with Crippen LogP contribution in [0.5, 0.6) is 0 Å². The minimum Gasteiger partial charge on any atom is -0.450 e. The van der Waals surface area contributed by atoms with Gasteiger partial charge in [-0.25, -0.2) is 9.78 Å². The van der Waals surface area contributed by atoms with Crippen LogP contribution in [0, 0.1) is 0 Å². The summed E-state index contributed by atoms with van der Waals surface area (Å²) in [5, 5.41) is 3.18. The molecule has 0 aromatic carbocycles. The summed E-state index contributed by atoms with van der Waals surface area (Å²) >= 11 is 0. The van der Waals surface area contributed by atoms with Crippen LogP contribution in [0.4, 0.5) is 16.6 Å². The van der Waals surface area contributed by atoms with Gasteiger partial charge in [0.15, 0.2) is 0 Å².